The van der Waals surface area contributed by atoms with Gasteiger partial charge < -0.3 is 5.32 Å². The number of nitrogens with one attached hydrogen (secondary N) is 1. The van der Waals surface area contributed by atoms with Crippen molar-refractivity contribution in [3.63, 3.8) is 0 Å². The fourth-order valence-corrected chi connectivity index (χ4v) is 2.06. The van der Waals surface area contributed by atoms with Crippen LogP contribution in [0.25, 0.3) is 0 Å². The summed E-state index contributed by atoms with van der Waals surface area (Å²) in [5.74, 6) is 0. The van der Waals surface area contributed by atoms with E-state index in [4.69, 9.17) is 12.2 Å². The first-order chi connectivity index (χ1) is 6.86. The van der Waals surface area contributed by atoms with Gasteiger partial charge in [0, 0.05) is 6.04 Å². The van der Waals surface area contributed by atoms with Crippen molar-refractivity contribution < 1.29 is 0 Å². The number of rotatable bonds is 1. The third-order valence-electron chi connectivity index (χ3n) is 2.56. The molecule has 0 aromatic carbocycles. The highest BCUT2D eigenvalue weighted by atomic mass is 32.1. The van der Waals surface area contributed by atoms with E-state index < -0.39 is 0 Å². The Balaban J connectivity index is 1.87. The van der Waals surface area contributed by atoms with Crippen LogP contribution in [0.1, 0.15) is 32.1 Å². The Kier molecular flexibility index (Phi) is 3.08. The quantitative estimate of drug-likeness (QED) is 0.710. The molecule has 1 aliphatic rings. The second-order valence-electron chi connectivity index (χ2n) is 3.62. The second kappa shape index (κ2) is 4.50. The minimum atomic E-state index is 0.528. The van der Waals surface area contributed by atoms with E-state index in [1.54, 1.807) is 11.0 Å². The molecule has 0 amide bonds. The summed E-state index contributed by atoms with van der Waals surface area (Å²) in [6.07, 6.45) is 9.51. The van der Waals surface area contributed by atoms with Crippen molar-refractivity contribution in [2.75, 3.05) is 0 Å². The maximum atomic E-state index is 5.20. The Bertz CT molecular complexity index is 290. The van der Waals surface area contributed by atoms with E-state index in [-0.39, 0.29) is 0 Å². The average Bonchev–Trinajstić information content (AvgIpc) is 2.72. The standard InChI is InChI=1S/C9H14N4S/c14-9(13-7-10-6-11-13)12-8-4-2-1-3-5-8/h6-8H,1-5H2,(H,12,14). The Morgan fingerprint density at radius 1 is 1.36 bits per heavy atom. The van der Waals surface area contributed by atoms with Crippen LogP contribution >= 0.6 is 12.2 Å². The lowest BCUT2D eigenvalue weighted by molar-refractivity contribution is 0.412. The highest BCUT2D eigenvalue weighted by Gasteiger charge is 2.14. The van der Waals surface area contributed by atoms with Gasteiger partial charge in [-0.1, -0.05) is 19.3 Å². The molecule has 1 heterocycles. The van der Waals surface area contributed by atoms with Gasteiger partial charge in [0.15, 0.2) is 5.11 Å². The smallest absolute Gasteiger partial charge is 0.195 e. The summed E-state index contributed by atoms with van der Waals surface area (Å²) in [6.45, 7) is 0. The zero-order valence-electron chi connectivity index (χ0n) is 8.02. The summed E-state index contributed by atoms with van der Waals surface area (Å²) in [5.41, 5.74) is 0. The molecule has 1 fully saturated rings. The van der Waals surface area contributed by atoms with Gasteiger partial charge in [0.2, 0.25) is 0 Å². The number of aromatic nitrogens is 3. The van der Waals surface area contributed by atoms with E-state index in [0.29, 0.717) is 11.2 Å². The molecule has 0 saturated heterocycles. The van der Waals surface area contributed by atoms with Crippen molar-refractivity contribution in [2.45, 2.75) is 38.1 Å². The molecule has 0 atom stereocenters. The van der Waals surface area contributed by atoms with E-state index in [0.717, 1.165) is 0 Å². The molecule has 2 rings (SSSR count). The van der Waals surface area contributed by atoms with E-state index in [2.05, 4.69) is 15.4 Å². The van der Waals surface area contributed by atoms with E-state index in [1.807, 2.05) is 0 Å². The molecular formula is C9H14N4S. The zero-order chi connectivity index (χ0) is 9.80. The van der Waals surface area contributed by atoms with Crippen molar-refractivity contribution in [3.8, 4) is 0 Å². The third-order valence-corrected chi connectivity index (χ3v) is 2.86. The van der Waals surface area contributed by atoms with Crippen molar-refractivity contribution in [1.29, 1.82) is 0 Å². The van der Waals surface area contributed by atoms with Crippen LogP contribution in [0, 0.1) is 0 Å². The van der Waals surface area contributed by atoms with Crippen molar-refractivity contribution in [1.82, 2.24) is 20.1 Å². The summed E-state index contributed by atoms with van der Waals surface area (Å²) in [6, 6.07) is 0.528. The summed E-state index contributed by atoms with van der Waals surface area (Å²) < 4.78 is 1.60. The van der Waals surface area contributed by atoms with Gasteiger partial charge >= 0.3 is 0 Å². The SMILES string of the molecule is S=C(NC1CCCCC1)n1cncn1. The van der Waals surface area contributed by atoms with Crippen LogP contribution in [-0.4, -0.2) is 25.9 Å². The molecule has 1 saturated carbocycles. The van der Waals surface area contributed by atoms with E-state index in [9.17, 15) is 0 Å². The van der Waals surface area contributed by atoms with Gasteiger partial charge in [0.05, 0.1) is 0 Å². The first-order valence-electron chi connectivity index (χ1n) is 5.02. The van der Waals surface area contributed by atoms with Crippen molar-refractivity contribution in [3.05, 3.63) is 12.7 Å². The van der Waals surface area contributed by atoms with E-state index in [1.165, 1.54) is 38.4 Å². The van der Waals surface area contributed by atoms with Crippen LogP contribution in [-0.2, 0) is 0 Å². The topological polar surface area (TPSA) is 42.7 Å². The fourth-order valence-electron chi connectivity index (χ4n) is 1.80. The monoisotopic (exact) mass is 210 g/mol. The predicted molar refractivity (Wildman–Crippen MR) is 58.0 cm³/mol. The van der Waals surface area contributed by atoms with E-state index >= 15 is 0 Å². The molecule has 5 heteroatoms. The Hall–Kier alpha value is -0.970. The lowest BCUT2D eigenvalue weighted by Crippen LogP contribution is -2.38. The van der Waals surface area contributed by atoms with Gasteiger partial charge in [-0.15, -0.1) is 0 Å². The van der Waals surface area contributed by atoms with Gasteiger partial charge in [-0.05, 0) is 25.1 Å². The minimum absolute atomic E-state index is 0.528. The molecule has 0 unspecified atom stereocenters. The molecular weight excluding hydrogens is 196 g/mol. The summed E-state index contributed by atoms with van der Waals surface area (Å²) >= 11 is 5.20. The number of hydrogen-bond acceptors (Lipinski definition) is 3. The summed E-state index contributed by atoms with van der Waals surface area (Å²) in [7, 11) is 0. The highest BCUT2D eigenvalue weighted by molar-refractivity contribution is 7.80. The lowest BCUT2D eigenvalue weighted by Gasteiger charge is -2.23. The normalized spacial score (nSPS) is 18.0. The minimum Gasteiger partial charge on any atom is -0.358 e. The Morgan fingerprint density at radius 2 is 2.14 bits per heavy atom. The maximum Gasteiger partial charge on any atom is 0.195 e. The highest BCUT2D eigenvalue weighted by Crippen LogP contribution is 2.17. The van der Waals surface area contributed by atoms with Crippen LogP contribution in [0.3, 0.4) is 0 Å². The molecule has 14 heavy (non-hydrogen) atoms. The van der Waals surface area contributed by atoms with Gasteiger partial charge in [-0.3, -0.25) is 0 Å². The van der Waals surface area contributed by atoms with Gasteiger partial charge in [0.1, 0.15) is 12.7 Å². The number of nitrogens with zero attached hydrogens (tertiary/aromatic N) is 3. The lowest BCUT2D eigenvalue weighted by atomic mass is 9.96. The van der Waals surface area contributed by atoms with Crippen LogP contribution in [0.4, 0.5) is 0 Å². The maximum absolute atomic E-state index is 5.20. The fraction of sp³-hybridized carbons (Fsp3) is 0.667. The predicted octanol–water partition coefficient (Wildman–Crippen LogP) is 1.33. The van der Waals surface area contributed by atoms with Gasteiger partial charge in [-0.2, -0.15) is 9.78 Å². The van der Waals surface area contributed by atoms with Crippen LogP contribution in [0.5, 0.6) is 0 Å². The Labute approximate surface area is 88.7 Å². The molecule has 0 radical (unpaired) electrons. The number of hydrogen-bond donors (Lipinski definition) is 1. The van der Waals surface area contributed by atoms with Gasteiger partial charge in [-0.25, -0.2) is 4.98 Å². The first kappa shape index (κ1) is 9.58. The average molecular weight is 210 g/mol. The molecule has 1 N–H and O–H groups in total. The Morgan fingerprint density at radius 3 is 2.79 bits per heavy atom. The molecule has 1 aromatic heterocycles. The number of thiocarbonyl (C=S) groups is 1. The molecule has 0 spiro atoms. The molecule has 4 nitrogen and oxygen atoms in total. The molecule has 0 bridgehead atoms. The van der Waals surface area contributed by atoms with Crippen molar-refractivity contribution >= 4 is 17.3 Å². The third kappa shape index (κ3) is 2.29. The molecule has 1 aliphatic carbocycles. The summed E-state index contributed by atoms with van der Waals surface area (Å²) in [4.78, 5) is 3.86. The van der Waals surface area contributed by atoms with Crippen LogP contribution in [0.15, 0.2) is 12.7 Å². The molecule has 0 aliphatic heterocycles. The zero-order valence-corrected chi connectivity index (χ0v) is 8.83. The largest absolute Gasteiger partial charge is 0.358 e. The van der Waals surface area contributed by atoms with Gasteiger partial charge in [0.25, 0.3) is 0 Å². The second-order valence-corrected chi connectivity index (χ2v) is 4.01. The van der Waals surface area contributed by atoms with Crippen LogP contribution < -0.4 is 5.32 Å². The summed E-state index contributed by atoms with van der Waals surface area (Å²) in [5, 5.41) is 7.96. The molecule has 76 valence electrons. The molecule has 1 aromatic rings. The van der Waals surface area contributed by atoms with Crippen molar-refractivity contribution in [2.24, 2.45) is 0 Å². The first-order valence-corrected chi connectivity index (χ1v) is 5.42. The van der Waals surface area contributed by atoms with Crippen LogP contribution in [0.2, 0.25) is 0 Å².